The molecule has 3 heterocycles. The number of carboxylic acid groups (broad SMARTS) is 1. The van der Waals surface area contributed by atoms with Crippen LogP contribution in [0, 0.1) is 0 Å². The third-order valence-corrected chi connectivity index (χ3v) is 6.59. The Bertz CT molecular complexity index is 1640. The van der Waals surface area contributed by atoms with Gasteiger partial charge >= 0.3 is 11.9 Å². The predicted octanol–water partition coefficient (Wildman–Crippen LogP) is 5.71. The second-order valence-electron chi connectivity index (χ2n) is 8.85. The number of furan rings is 1. The molecule has 0 saturated heterocycles. The van der Waals surface area contributed by atoms with Crippen molar-refractivity contribution in [1.82, 2.24) is 0 Å². The molecule has 0 spiro atoms. The lowest BCUT2D eigenvalue weighted by atomic mass is 9.88. The first-order valence-corrected chi connectivity index (χ1v) is 11.8. The Labute approximate surface area is 216 Å². The zero-order valence-corrected chi connectivity index (χ0v) is 20.1. The van der Waals surface area contributed by atoms with Crippen LogP contribution in [0.2, 0.25) is 0 Å². The number of ketones is 1. The van der Waals surface area contributed by atoms with Gasteiger partial charge in [0.05, 0.1) is 30.6 Å². The van der Waals surface area contributed by atoms with Crippen LogP contribution >= 0.6 is 0 Å². The maximum atomic E-state index is 13.3. The summed E-state index contributed by atoms with van der Waals surface area (Å²) in [5, 5.41) is 9.15. The Morgan fingerprint density at radius 1 is 0.974 bits per heavy atom. The molecule has 0 amide bonds. The van der Waals surface area contributed by atoms with Crippen molar-refractivity contribution in [2.24, 2.45) is 0 Å². The van der Waals surface area contributed by atoms with Crippen molar-refractivity contribution in [3.8, 4) is 28.6 Å². The minimum Gasteiger partial charge on any atom is -0.496 e. The maximum absolute atomic E-state index is 13.3. The van der Waals surface area contributed by atoms with Crippen LogP contribution in [-0.2, 0) is 4.79 Å². The number of esters is 1. The van der Waals surface area contributed by atoms with Gasteiger partial charge in [0.25, 0.3) is 0 Å². The smallest absolute Gasteiger partial charge is 0.335 e. The van der Waals surface area contributed by atoms with Crippen molar-refractivity contribution in [3.05, 3.63) is 107 Å². The predicted molar refractivity (Wildman–Crippen MR) is 136 cm³/mol. The fraction of sp³-hybridized carbons (Fsp3) is 0.100. The number of fused-ring (bicyclic) bond motifs is 3. The van der Waals surface area contributed by atoms with E-state index >= 15 is 0 Å². The van der Waals surface area contributed by atoms with E-state index in [0.717, 1.165) is 0 Å². The zero-order chi connectivity index (χ0) is 26.4. The molecule has 8 heteroatoms. The summed E-state index contributed by atoms with van der Waals surface area (Å²) in [6, 6.07) is 20.3. The van der Waals surface area contributed by atoms with Crippen molar-refractivity contribution in [2.75, 3.05) is 7.11 Å². The molecular formula is C30H20O8. The number of methoxy groups -OCH3 is 1. The Hall–Kier alpha value is -5.11. The van der Waals surface area contributed by atoms with Crippen LogP contribution in [0.5, 0.6) is 17.2 Å². The number of aromatic carboxylic acids is 1. The number of hydrogen-bond acceptors (Lipinski definition) is 7. The molecule has 4 aromatic rings. The molecular weight excluding hydrogens is 488 g/mol. The summed E-state index contributed by atoms with van der Waals surface area (Å²) in [6.45, 7) is 0. The van der Waals surface area contributed by atoms with Crippen LogP contribution < -0.4 is 14.2 Å². The number of ether oxygens (including phenoxy) is 3. The van der Waals surface area contributed by atoms with Gasteiger partial charge in [0, 0.05) is 16.7 Å². The summed E-state index contributed by atoms with van der Waals surface area (Å²) in [7, 11) is 1.55. The van der Waals surface area contributed by atoms with Crippen LogP contribution in [0.25, 0.3) is 17.4 Å². The van der Waals surface area contributed by atoms with Gasteiger partial charge in [-0.3, -0.25) is 9.59 Å². The van der Waals surface area contributed by atoms with Crippen LogP contribution in [0.4, 0.5) is 0 Å². The molecule has 8 nitrogen and oxygen atoms in total. The number of hydrogen-bond donors (Lipinski definition) is 1. The largest absolute Gasteiger partial charge is 0.496 e. The monoisotopic (exact) mass is 508 g/mol. The number of carboxylic acids is 1. The van der Waals surface area contributed by atoms with Crippen LogP contribution in [0.15, 0.2) is 83.0 Å². The molecule has 3 aromatic carbocycles. The molecule has 2 aliphatic heterocycles. The highest BCUT2D eigenvalue weighted by Gasteiger charge is 2.39. The first-order valence-electron chi connectivity index (χ1n) is 11.8. The molecule has 0 radical (unpaired) electrons. The van der Waals surface area contributed by atoms with Gasteiger partial charge in [-0.15, -0.1) is 0 Å². The molecule has 1 aromatic heterocycles. The lowest BCUT2D eigenvalue weighted by Gasteiger charge is -2.24. The normalized spacial score (nSPS) is 17.0. The zero-order valence-electron chi connectivity index (χ0n) is 20.1. The van der Waals surface area contributed by atoms with Gasteiger partial charge in [-0.1, -0.05) is 30.3 Å². The molecule has 0 aliphatic carbocycles. The van der Waals surface area contributed by atoms with Gasteiger partial charge in [0.1, 0.15) is 28.8 Å². The summed E-state index contributed by atoms with van der Waals surface area (Å²) < 4.78 is 23.1. The van der Waals surface area contributed by atoms with Gasteiger partial charge in [-0.2, -0.15) is 0 Å². The summed E-state index contributed by atoms with van der Waals surface area (Å²) in [5.41, 5.74) is 2.46. The molecule has 1 N–H and O–H groups in total. The van der Waals surface area contributed by atoms with E-state index in [2.05, 4.69) is 0 Å². The van der Waals surface area contributed by atoms with Crippen molar-refractivity contribution < 1.29 is 38.1 Å². The van der Waals surface area contributed by atoms with E-state index in [0.29, 0.717) is 51.0 Å². The standard InChI is InChI=1S/C30H20O8/c1-35-21-5-3-2-4-18(21)14-25-28(32)19-10-11-24-27(29(19)38-25)20(15-26(31)37-24)23-13-12-22(36-23)16-6-8-17(9-7-16)30(33)34/h2-14,20H,15H2,1H3,(H,33,34)/b25-14-/t20-/m0/s1. The minimum atomic E-state index is -1.02. The van der Waals surface area contributed by atoms with E-state index in [1.54, 1.807) is 55.7 Å². The topological polar surface area (TPSA) is 112 Å². The number of allylic oxidation sites excluding steroid dienone is 1. The van der Waals surface area contributed by atoms with Gasteiger partial charge in [-0.05, 0) is 48.5 Å². The quantitative estimate of drug-likeness (QED) is 0.207. The van der Waals surface area contributed by atoms with Crippen molar-refractivity contribution in [2.45, 2.75) is 12.3 Å². The van der Waals surface area contributed by atoms with E-state index in [-0.39, 0.29) is 23.5 Å². The van der Waals surface area contributed by atoms with Crippen LogP contribution in [0.3, 0.4) is 0 Å². The molecule has 1 atom stereocenters. The Balaban J connectivity index is 1.39. The average Bonchev–Trinajstić information content (AvgIpc) is 3.54. The number of carbonyl (C=O) groups excluding carboxylic acids is 2. The van der Waals surface area contributed by atoms with E-state index in [4.69, 9.17) is 23.7 Å². The van der Waals surface area contributed by atoms with E-state index in [1.165, 1.54) is 12.1 Å². The number of para-hydroxylation sites is 1. The lowest BCUT2D eigenvalue weighted by Crippen LogP contribution is -2.21. The molecule has 2 aliphatic rings. The Morgan fingerprint density at radius 3 is 2.53 bits per heavy atom. The minimum absolute atomic E-state index is 0.00251. The van der Waals surface area contributed by atoms with Gasteiger partial charge in [0.15, 0.2) is 5.76 Å². The Kier molecular flexibility index (Phi) is 5.57. The molecule has 188 valence electrons. The fourth-order valence-electron chi connectivity index (χ4n) is 4.75. The summed E-state index contributed by atoms with van der Waals surface area (Å²) in [5.74, 6) is 0.0833. The molecule has 0 bridgehead atoms. The summed E-state index contributed by atoms with van der Waals surface area (Å²) in [4.78, 5) is 36.9. The van der Waals surface area contributed by atoms with E-state index < -0.39 is 17.9 Å². The van der Waals surface area contributed by atoms with E-state index in [1.807, 2.05) is 18.2 Å². The molecule has 38 heavy (non-hydrogen) atoms. The van der Waals surface area contributed by atoms with Crippen LogP contribution in [-0.4, -0.2) is 29.9 Å². The maximum Gasteiger partial charge on any atom is 0.335 e. The first-order chi connectivity index (χ1) is 18.4. The first kappa shape index (κ1) is 23.3. The lowest BCUT2D eigenvalue weighted by molar-refractivity contribution is -0.135. The average molecular weight is 508 g/mol. The van der Waals surface area contributed by atoms with Crippen molar-refractivity contribution in [1.29, 1.82) is 0 Å². The second kappa shape index (κ2) is 9.08. The number of benzene rings is 3. The highest BCUT2D eigenvalue weighted by molar-refractivity contribution is 6.15. The highest BCUT2D eigenvalue weighted by Crippen LogP contribution is 2.49. The van der Waals surface area contributed by atoms with Crippen LogP contribution in [0.1, 0.15) is 49.9 Å². The molecule has 0 unspecified atom stereocenters. The number of Topliss-reactive ketones (excluding diaryl/α,β-unsaturated/α-hetero) is 1. The van der Waals surface area contributed by atoms with Crippen molar-refractivity contribution in [3.63, 3.8) is 0 Å². The second-order valence-corrected chi connectivity index (χ2v) is 8.85. The van der Waals surface area contributed by atoms with Gasteiger partial charge < -0.3 is 23.7 Å². The molecule has 0 fully saturated rings. The number of carbonyl (C=O) groups is 3. The number of rotatable bonds is 5. The summed E-state index contributed by atoms with van der Waals surface area (Å²) in [6.07, 6.45) is 1.63. The third-order valence-electron chi connectivity index (χ3n) is 6.59. The van der Waals surface area contributed by atoms with Gasteiger partial charge in [0.2, 0.25) is 5.78 Å². The highest BCUT2D eigenvalue weighted by atomic mass is 16.5. The van der Waals surface area contributed by atoms with E-state index in [9.17, 15) is 14.4 Å². The SMILES string of the molecule is COc1ccccc1/C=C1\Oc2c(ccc3c2[C@H](c2ccc(-c4ccc(C(=O)O)cc4)o2)CC(=O)O3)C1=O. The third kappa shape index (κ3) is 3.92. The summed E-state index contributed by atoms with van der Waals surface area (Å²) >= 11 is 0. The fourth-order valence-corrected chi connectivity index (χ4v) is 4.75. The Morgan fingerprint density at radius 2 is 1.76 bits per heavy atom. The molecule has 6 rings (SSSR count). The van der Waals surface area contributed by atoms with Crippen molar-refractivity contribution >= 4 is 23.8 Å². The van der Waals surface area contributed by atoms with Gasteiger partial charge in [-0.25, -0.2) is 4.79 Å². The molecule has 0 saturated carbocycles.